The standard InChI is InChI=1S/C16H14F3N5O2/c1-24-13(9(6-20)7-21-24)23-15(26)11-4-8-2-3-10(16(17,18)19)5-12(8)22-14(11)25/h2-5,7H,6,20H2,1H3,(H,22,25)(H,23,26). The molecule has 2 heterocycles. The Morgan fingerprint density at radius 1 is 1.35 bits per heavy atom. The van der Waals surface area contributed by atoms with Crippen LogP contribution in [0.3, 0.4) is 0 Å². The predicted molar refractivity (Wildman–Crippen MR) is 88.6 cm³/mol. The number of amides is 1. The van der Waals surface area contributed by atoms with Crippen molar-refractivity contribution in [2.75, 3.05) is 5.32 Å². The molecule has 0 saturated carbocycles. The van der Waals surface area contributed by atoms with Gasteiger partial charge in [0.15, 0.2) is 0 Å². The summed E-state index contributed by atoms with van der Waals surface area (Å²) < 4.78 is 39.7. The molecule has 0 radical (unpaired) electrons. The minimum absolute atomic E-state index is 0.00967. The first-order valence-electron chi connectivity index (χ1n) is 7.47. The lowest BCUT2D eigenvalue weighted by Gasteiger charge is -2.10. The molecule has 3 aromatic rings. The van der Waals surface area contributed by atoms with E-state index < -0.39 is 23.2 Å². The normalized spacial score (nSPS) is 11.7. The molecule has 4 N–H and O–H groups in total. The molecule has 3 rings (SSSR count). The molecule has 0 aliphatic rings. The number of nitrogens with one attached hydrogen (secondary N) is 2. The number of fused-ring (bicyclic) bond motifs is 1. The molecule has 0 spiro atoms. The number of nitrogens with zero attached hydrogens (tertiary/aromatic N) is 2. The van der Waals surface area contributed by atoms with Gasteiger partial charge in [-0.2, -0.15) is 18.3 Å². The minimum atomic E-state index is -4.53. The molecule has 0 saturated heterocycles. The fourth-order valence-corrected chi connectivity index (χ4v) is 2.51. The highest BCUT2D eigenvalue weighted by Gasteiger charge is 2.30. The van der Waals surface area contributed by atoms with Crippen molar-refractivity contribution in [2.24, 2.45) is 12.8 Å². The summed E-state index contributed by atoms with van der Waals surface area (Å²) in [6.45, 7) is 0.137. The second kappa shape index (κ2) is 6.30. The van der Waals surface area contributed by atoms with Crippen LogP contribution in [0.5, 0.6) is 0 Å². The number of rotatable bonds is 3. The third kappa shape index (κ3) is 3.18. The van der Waals surface area contributed by atoms with E-state index in [2.05, 4.69) is 15.4 Å². The molecule has 10 heteroatoms. The van der Waals surface area contributed by atoms with E-state index in [9.17, 15) is 22.8 Å². The monoisotopic (exact) mass is 365 g/mol. The zero-order valence-corrected chi connectivity index (χ0v) is 13.5. The van der Waals surface area contributed by atoms with Crippen LogP contribution in [0.1, 0.15) is 21.5 Å². The topological polar surface area (TPSA) is 106 Å². The maximum absolute atomic E-state index is 12.8. The van der Waals surface area contributed by atoms with Crippen LogP contribution in [-0.4, -0.2) is 20.7 Å². The van der Waals surface area contributed by atoms with Gasteiger partial charge < -0.3 is 16.0 Å². The van der Waals surface area contributed by atoms with E-state index >= 15 is 0 Å². The number of carbonyl (C=O) groups excluding carboxylic acids is 1. The van der Waals surface area contributed by atoms with Crippen molar-refractivity contribution in [2.45, 2.75) is 12.7 Å². The summed E-state index contributed by atoms with van der Waals surface area (Å²) in [5.74, 6) is -0.379. The number of carbonyl (C=O) groups is 1. The van der Waals surface area contributed by atoms with Gasteiger partial charge in [0, 0.05) is 24.7 Å². The van der Waals surface area contributed by atoms with Crippen LogP contribution in [0.2, 0.25) is 0 Å². The number of aryl methyl sites for hydroxylation is 1. The molecule has 0 aliphatic carbocycles. The highest BCUT2D eigenvalue weighted by molar-refractivity contribution is 6.05. The maximum atomic E-state index is 12.8. The molecular formula is C16H14F3N5O2. The lowest BCUT2D eigenvalue weighted by molar-refractivity contribution is -0.137. The average Bonchev–Trinajstić information content (AvgIpc) is 2.92. The van der Waals surface area contributed by atoms with Gasteiger partial charge in [0.2, 0.25) is 0 Å². The number of benzene rings is 1. The lowest BCUT2D eigenvalue weighted by Crippen LogP contribution is -2.24. The molecule has 26 heavy (non-hydrogen) atoms. The number of nitrogens with two attached hydrogens (primary N) is 1. The summed E-state index contributed by atoms with van der Waals surface area (Å²) in [7, 11) is 1.60. The second-order valence-corrected chi connectivity index (χ2v) is 5.61. The summed E-state index contributed by atoms with van der Waals surface area (Å²) in [6.07, 6.45) is -3.04. The smallest absolute Gasteiger partial charge is 0.326 e. The van der Waals surface area contributed by atoms with E-state index in [1.807, 2.05) is 0 Å². The van der Waals surface area contributed by atoms with Crippen molar-refractivity contribution in [1.82, 2.24) is 14.8 Å². The van der Waals surface area contributed by atoms with E-state index in [0.29, 0.717) is 16.8 Å². The first-order valence-corrected chi connectivity index (χ1v) is 7.47. The number of aromatic nitrogens is 3. The van der Waals surface area contributed by atoms with Gasteiger partial charge >= 0.3 is 6.18 Å². The molecule has 0 bridgehead atoms. The summed E-state index contributed by atoms with van der Waals surface area (Å²) in [4.78, 5) is 26.9. The summed E-state index contributed by atoms with van der Waals surface area (Å²) in [5.41, 5.74) is 4.21. The Balaban J connectivity index is 2.00. The minimum Gasteiger partial charge on any atom is -0.326 e. The summed E-state index contributed by atoms with van der Waals surface area (Å²) in [5, 5.41) is 6.82. The van der Waals surface area contributed by atoms with E-state index in [4.69, 9.17) is 5.73 Å². The third-order valence-corrected chi connectivity index (χ3v) is 3.88. The zero-order valence-electron chi connectivity index (χ0n) is 13.5. The third-order valence-electron chi connectivity index (χ3n) is 3.88. The Morgan fingerprint density at radius 3 is 2.73 bits per heavy atom. The number of halogens is 3. The highest BCUT2D eigenvalue weighted by atomic mass is 19.4. The van der Waals surface area contributed by atoms with Crippen molar-refractivity contribution in [3.63, 3.8) is 0 Å². The van der Waals surface area contributed by atoms with Gasteiger partial charge in [-0.25, -0.2) is 0 Å². The first-order chi connectivity index (χ1) is 12.2. The SMILES string of the molecule is Cn1ncc(CN)c1NC(=O)c1cc2ccc(C(F)(F)F)cc2[nH]c1=O. The van der Waals surface area contributed by atoms with Gasteiger partial charge in [0.25, 0.3) is 11.5 Å². The van der Waals surface area contributed by atoms with Gasteiger partial charge in [-0.05, 0) is 23.6 Å². The molecular weight excluding hydrogens is 351 g/mol. The molecule has 0 atom stereocenters. The molecule has 136 valence electrons. The van der Waals surface area contributed by atoms with Crippen molar-refractivity contribution >= 4 is 22.6 Å². The Hall–Kier alpha value is -3.14. The summed E-state index contributed by atoms with van der Waals surface area (Å²) in [6, 6.07) is 4.14. The van der Waals surface area contributed by atoms with Crippen molar-refractivity contribution in [3.05, 3.63) is 57.5 Å². The van der Waals surface area contributed by atoms with E-state index in [1.165, 1.54) is 23.0 Å². The average molecular weight is 365 g/mol. The van der Waals surface area contributed by atoms with Crippen LogP contribution in [0, 0.1) is 0 Å². The largest absolute Gasteiger partial charge is 0.416 e. The Bertz CT molecular complexity index is 1050. The van der Waals surface area contributed by atoms with Crippen LogP contribution < -0.4 is 16.6 Å². The number of hydrogen-bond donors (Lipinski definition) is 3. The Labute approximate surface area is 144 Å². The Kier molecular flexibility index (Phi) is 4.28. The van der Waals surface area contributed by atoms with Gasteiger partial charge in [-0.15, -0.1) is 0 Å². The zero-order chi connectivity index (χ0) is 19.1. The number of H-pyrrole nitrogens is 1. The Morgan fingerprint density at radius 2 is 2.08 bits per heavy atom. The van der Waals surface area contributed by atoms with Gasteiger partial charge in [-0.3, -0.25) is 14.3 Å². The summed E-state index contributed by atoms with van der Waals surface area (Å²) >= 11 is 0. The number of pyridine rings is 1. The maximum Gasteiger partial charge on any atom is 0.416 e. The van der Waals surface area contributed by atoms with Crippen molar-refractivity contribution in [1.29, 1.82) is 0 Å². The first kappa shape index (κ1) is 17.7. The molecule has 7 nitrogen and oxygen atoms in total. The number of hydrogen-bond acceptors (Lipinski definition) is 4. The quantitative estimate of drug-likeness (QED) is 0.660. The van der Waals surface area contributed by atoms with Gasteiger partial charge in [-0.1, -0.05) is 6.07 Å². The number of anilines is 1. The predicted octanol–water partition coefficient (Wildman–Crippen LogP) is 1.99. The van der Waals surface area contributed by atoms with Crippen LogP contribution in [0.25, 0.3) is 10.9 Å². The lowest BCUT2D eigenvalue weighted by atomic mass is 10.1. The van der Waals surface area contributed by atoms with Crippen LogP contribution >= 0.6 is 0 Å². The van der Waals surface area contributed by atoms with Gasteiger partial charge in [0.05, 0.1) is 11.8 Å². The molecule has 0 aliphatic heterocycles. The van der Waals surface area contributed by atoms with Crippen molar-refractivity contribution in [3.8, 4) is 0 Å². The fourth-order valence-electron chi connectivity index (χ4n) is 2.51. The fraction of sp³-hybridized carbons (Fsp3) is 0.188. The number of aromatic amines is 1. The van der Waals surface area contributed by atoms with E-state index in [0.717, 1.165) is 12.1 Å². The highest BCUT2D eigenvalue weighted by Crippen LogP contribution is 2.30. The van der Waals surface area contributed by atoms with Crippen molar-refractivity contribution < 1.29 is 18.0 Å². The van der Waals surface area contributed by atoms with Gasteiger partial charge in [0.1, 0.15) is 11.4 Å². The molecule has 1 amide bonds. The molecule has 0 unspecified atom stereocenters. The van der Waals surface area contributed by atoms with E-state index in [-0.39, 0.29) is 17.6 Å². The van der Waals surface area contributed by atoms with Crippen LogP contribution in [-0.2, 0) is 19.8 Å². The molecule has 1 aromatic carbocycles. The van der Waals surface area contributed by atoms with Crippen LogP contribution in [0.4, 0.5) is 19.0 Å². The molecule has 0 fully saturated rings. The number of alkyl halides is 3. The molecule has 2 aromatic heterocycles. The second-order valence-electron chi connectivity index (χ2n) is 5.61. The van der Waals surface area contributed by atoms with Crippen LogP contribution in [0.15, 0.2) is 35.3 Å². The van der Waals surface area contributed by atoms with E-state index in [1.54, 1.807) is 7.05 Å².